The van der Waals surface area contributed by atoms with E-state index in [1.807, 2.05) is 11.8 Å². The monoisotopic (exact) mass is 499 g/mol. The molecule has 0 bridgehead atoms. The Bertz CT molecular complexity index is 957. The molecular formula is C28H41N3O5. The largest absolute Gasteiger partial charge is 0.491 e. The smallest absolute Gasteiger partial charge is 0.257 e. The van der Waals surface area contributed by atoms with E-state index in [1.54, 1.807) is 37.3 Å². The van der Waals surface area contributed by atoms with Crippen LogP contribution in [-0.2, 0) is 14.3 Å². The summed E-state index contributed by atoms with van der Waals surface area (Å²) in [6, 6.07) is 5.05. The van der Waals surface area contributed by atoms with Crippen LogP contribution in [0.2, 0.25) is 0 Å². The minimum absolute atomic E-state index is 0.0106. The van der Waals surface area contributed by atoms with Crippen LogP contribution in [-0.4, -0.2) is 73.5 Å². The van der Waals surface area contributed by atoms with Gasteiger partial charge in [-0.1, -0.05) is 26.2 Å². The number of ether oxygens (including phenoxy) is 2. The maximum atomic E-state index is 13.6. The lowest BCUT2D eigenvalue weighted by atomic mass is 9.87. The molecule has 8 heteroatoms. The molecule has 1 heterocycles. The zero-order valence-electron chi connectivity index (χ0n) is 22.1. The Morgan fingerprint density at radius 3 is 2.42 bits per heavy atom. The molecule has 2 saturated carbocycles. The molecule has 1 aromatic carbocycles. The third kappa shape index (κ3) is 6.20. The summed E-state index contributed by atoms with van der Waals surface area (Å²) < 4.78 is 12.0. The molecule has 36 heavy (non-hydrogen) atoms. The second-order valence-corrected chi connectivity index (χ2v) is 10.9. The second kappa shape index (κ2) is 11.6. The highest BCUT2D eigenvalue weighted by Gasteiger charge is 2.34. The molecule has 0 saturated heterocycles. The third-order valence-corrected chi connectivity index (χ3v) is 7.90. The summed E-state index contributed by atoms with van der Waals surface area (Å²) in [5.41, 5.74) is 0.980. The number of likely N-dealkylation sites (N-methyl/N-ethyl adjacent to an activating group) is 1. The highest BCUT2D eigenvalue weighted by atomic mass is 16.5. The zero-order valence-corrected chi connectivity index (χ0v) is 22.1. The minimum atomic E-state index is -0.227. The quantitative estimate of drug-likeness (QED) is 0.678. The van der Waals surface area contributed by atoms with Crippen LogP contribution in [0, 0.1) is 17.8 Å². The normalized spacial score (nSPS) is 26.3. The Labute approximate surface area is 214 Å². The molecule has 0 aromatic heterocycles. The molecule has 2 aliphatic carbocycles. The van der Waals surface area contributed by atoms with Crippen molar-refractivity contribution in [3.63, 3.8) is 0 Å². The number of benzene rings is 1. The van der Waals surface area contributed by atoms with Crippen LogP contribution >= 0.6 is 0 Å². The molecule has 3 aliphatic rings. The number of hydrogen-bond donors (Lipinski definition) is 1. The van der Waals surface area contributed by atoms with Gasteiger partial charge in [0.15, 0.2) is 0 Å². The van der Waals surface area contributed by atoms with Gasteiger partial charge in [0.1, 0.15) is 12.4 Å². The van der Waals surface area contributed by atoms with Crippen LogP contribution < -0.4 is 10.1 Å². The molecular weight excluding hydrogens is 458 g/mol. The van der Waals surface area contributed by atoms with Crippen LogP contribution in [0.4, 0.5) is 5.69 Å². The fourth-order valence-corrected chi connectivity index (χ4v) is 5.34. The molecule has 3 atom stereocenters. The summed E-state index contributed by atoms with van der Waals surface area (Å²) >= 11 is 0. The van der Waals surface area contributed by atoms with E-state index in [9.17, 15) is 14.4 Å². The highest BCUT2D eigenvalue weighted by molar-refractivity contribution is 6.00. The molecule has 1 N–H and O–H groups in total. The van der Waals surface area contributed by atoms with Crippen LogP contribution in [0.15, 0.2) is 18.2 Å². The van der Waals surface area contributed by atoms with E-state index in [0.717, 1.165) is 38.5 Å². The van der Waals surface area contributed by atoms with Gasteiger partial charge in [-0.25, -0.2) is 0 Å². The first-order valence-electron chi connectivity index (χ1n) is 13.4. The number of carbonyl (C=O) groups is 3. The number of amides is 3. The molecule has 2 fully saturated rings. The summed E-state index contributed by atoms with van der Waals surface area (Å²) in [5, 5.41) is 2.93. The van der Waals surface area contributed by atoms with E-state index in [2.05, 4.69) is 12.2 Å². The van der Waals surface area contributed by atoms with Crippen molar-refractivity contribution in [1.82, 2.24) is 9.80 Å². The van der Waals surface area contributed by atoms with Crippen molar-refractivity contribution in [2.75, 3.05) is 39.2 Å². The van der Waals surface area contributed by atoms with Crippen molar-refractivity contribution in [1.29, 1.82) is 0 Å². The summed E-state index contributed by atoms with van der Waals surface area (Å²) in [7, 11) is 3.41. The number of hydrogen-bond acceptors (Lipinski definition) is 5. The van der Waals surface area contributed by atoms with Crippen LogP contribution in [0.3, 0.4) is 0 Å². The van der Waals surface area contributed by atoms with E-state index in [1.165, 1.54) is 6.42 Å². The van der Waals surface area contributed by atoms with Crippen molar-refractivity contribution in [3.8, 4) is 5.75 Å². The molecule has 3 amide bonds. The highest BCUT2D eigenvalue weighted by Crippen LogP contribution is 2.32. The fourth-order valence-electron chi connectivity index (χ4n) is 5.34. The number of nitrogens with zero attached hydrogens (tertiary/aromatic N) is 2. The molecule has 0 radical (unpaired) electrons. The molecule has 8 nitrogen and oxygen atoms in total. The van der Waals surface area contributed by atoms with Crippen molar-refractivity contribution in [2.45, 2.75) is 70.9 Å². The van der Waals surface area contributed by atoms with Gasteiger partial charge >= 0.3 is 0 Å². The summed E-state index contributed by atoms with van der Waals surface area (Å²) in [4.78, 5) is 43.0. The minimum Gasteiger partial charge on any atom is -0.491 e. The van der Waals surface area contributed by atoms with Crippen molar-refractivity contribution in [2.24, 2.45) is 17.8 Å². The Kier molecular flexibility index (Phi) is 8.54. The topological polar surface area (TPSA) is 88.2 Å². The first-order chi connectivity index (χ1) is 17.3. The maximum absolute atomic E-state index is 13.6. The number of methoxy groups -OCH3 is 1. The van der Waals surface area contributed by atoms with Crippen LogP contribution in [0.1, 0.15) is 69.2 Å². The van der Waals surface area contributed by atoms with Crippen molar-refractivity contribution >= 4 is 23.4 Å². The number of fused-ring (bicyclic) bond motifs is 1. The van der Waals surface area contributed by atoms with Gasteiger partial charge in [0, 0.05) is 50.7 Å². The zero-order chi connectivity index (χ0) is 25.8. The molecule has 1 aliphatic heterocycles. The predicted molar refractivity (Wildman–Crippen MR) is 138 cm³/mol. The summed E-state index contributed by atoms with van der Waals surface area (Å²) in [6.07, 6.45) is 6.88. The molecule has 1 aromatic rings. The predicted octanol–water partition coefficient (Wildman–Crippen LogP) is 3.95. The van der Waals surface area contributed by atoms with Crippen molar-refractivity contribution < 1.29 is 23.9 Å². The number of anilines is 1. The lowest BCUT2D eigenvalue weighted by Gasteiger charge is -2.38. The Morgan fingerprint density at radius 2 is 1.75 bits per heavy atom. The molecule has 0 spiro atoms. The van der Waals surface area contributed by atoms with E-state index in [0.29, 0.717) is 30.1 Å². The van der Waals surface area contributed by atoms with Gasteiger partial charge in [0.25, 0.3) is 5.91 Å². The van der Waals surface area contributed by atoms with Gasteiger partial charge in [0.2, 0.25) is 11.8 Å². The first kappa shape index (κ1) is 26.5. The second-order valence-electron chi connectivity index (χ2n) is 10.9. The maximum Gasteiger partial charge on any atom is 0.257 e. The summed E-state index contributed by atoms with van der Waals surface area (Å²) in [6.45, 7) is 5.31. The Morgan fingerprint density at radius 1 is 1.03 bits per heavy atom. The average Bonchev–Trinajstić information content (AvgIpc) is 3.74. The lowest BCUT2D eigenvalue weighted by molar-refractivity contribution is -0.141. The van der Waals surface area contributed by atoms with Gasteiger partial charge in [-0.05, 0) is 50.8 Å². The van der Waals surface area contributed by atoms with Gasteiger partial charge in [-0.15, -0.1) is 0 Å². The van der Waals surface area contributed by atoms with Gasteiger partial charge in [0.05, 0.1) is 17.7 Å². The number of rotatable bonds is 4. The SMILES string of the molecule is CO[C@@H]1CN(C)C(=O)c2cc(NC(=O)C3CC3)ccc2OC[C@@H](C)N(C(=O)C2CCCCC2)C[C@H]1C. The van der Waals surface area contributed by atoms with Gasteiger partial charge in [-0.3, -0.25) is 14.4 Å². The van der Waals surface area contributed by atoms with Crippen molar-refractivity contribution in [3.05, 3.63) is 23.8 Å². The molecule has 198 valence electrons. The fraction of sp³-hybridized carbons (Fsp3) is 0.679. The summed E-state index contributed by atoms with van der Waals surface area (Å²) in [5.74, 6) is 0.620. The third-order valence-electron chi connectivity index (χ3n) is 7.90. The number of carbonyl (C=O) groups excluding carboxylic acids is 3. The molecule has 4 rings (SSSR count). The number of nitrogens with one attached hydrogen (secondary N) is 1. The Balaban J connectivity index is 1.61. The van der Waals surface area contributed by atoms with Gasteiger partial charge < -0.3 is 24.6 Å². The van der Waals surface area contributed by atoms with E-state index in [-0.39, 0.29) is 54.2 Å². The lowest BCUT2D eigenvalue weighted by Crippen LogP contribution is -2.50. The standard InChI is InChI=1S/C28H41N3O5/c1-18-15-31(27(33)21-8-6-5-7-9-21)19(2)17-36-24-13-12-22(29-26(32)20-10-11-20)14-23(24)28(34)30(3)16-25(18)35-4/h12-14,18-21,25H,5-11,15-17H2,1-4H3,(H,29,32)/t18-,19-,25-/m1/s1. The van der Waals surface area contributed by atoms with E-state index in [4.69, 9.17) is 9.47 Å². The average molecular weight is 500 g/mol. The Hall–Kier alpha value is -2.61. The van der Waals surface area contributed by atoms with E-state index >= 15 is 0 Å². The first-order valence-corrected chi connectivity index (χ1v) is 13.4. The van der Waals surface area contributed by atoms with Crippen LogP contribution in [0.5, 0.6) is 5.75 Å². The molecule has 0 unspecified atom stereocenters. The van der Waals surface area contributed by atoms with E-state index < -0.39 is 0 Å². The van der Waals surface area contributed by atoms with Gasteiger partial charge in [-0.2, -0.15) is 0 Å². The van der Waals surface area contributed by atoms with Crippen LogP contribution in [0.25, 0.3) is 0 Å².